The van der Waals surface area contributed by atoms with E-state index in [2.05, 4.69) is 0 Å². The second kappa shape index (κ2) is 4.26. The highest BCUT2D eigenvalue weighted by molar-refractivity contribution is 5.96. The van der Waals surface area contributed by atoms with Gasteiger partial charge < -0.3 is 14.2 Å². The highest BCUT2D eigenvalue weighted by Crippen LogP contribution is 2.31. The topological polar surface area (TPSA) is 44.8 Å². The molecule has 0 fully saturated rings. The molecule has 1 aromatic carbocycles. The molecule has 0 spiro atoms. The zero-order valence-electron chi connectivity index (χ0n) is 9.15. The molecule has 1 heterocycles. The van der Waals surface area contributed by atoms with Gasteiger partial charge in [0.15, 0.2) is 0 Å². The van der Waals surface area contributed by atoms with Crippen LogP contribution in [-0.2, 0) is 9.53 Å². The summed E-state index contributed by atoms with van der Waals surface area (Å²) in [5.41, 5.74) is 1.68. The Bertz CT molecular complexity index is 448. The largest absolute Gasteiger partial charge is 0.497 e. The summed E-state index contributed by atoms with van der Waals surface area (Å²) >= 11 is 0. The predicted octanol–water partition coefficient (Wildman–Crippen LogP) is 1.64. The van der Waals surface area contributed by atoms with E-state index in [1.54, 1.807) is 20.3 Å². The van der Waals surface area contributed by atoms with Crippen LogP contribution in [-0.4, -0.2) is 26.8 Å². The predicted molar refractivity (Wildman–Crippen MR) is 58.5 cm³/mol. The van der Waals surface area contributed by atoms with Crippen LogP contribution in [0.4, 0.5) is 0 Å². The van der Waals surface area contributed by atoms with Gasteiger partial charge >= 0.3 is 5.97 Å². The van der Waals surface area contributed by atoms with Crippen molar-refractivity contribution in [2.24, 2.45) is 0 Å². The van der Waals surface area contributed by atoms with Crippen LogP contribution in [0.5, 0.6) is 11.5 Å². The third-order valence-corrected chi connectivity index (χ3v) is 2.42. The van der Waals surface area contributed by atoms with Gasteiger partial charge in [-0.15, -0.1) is 0 Å². The monoisotopic (exact) mass is 220 g/mol. The summed E-state index contributed by atoms with van der Waals surface area (Å²) in [5.74, 6) is 1.07. The van der Waals surface area contributed by atoms with Gasteiger partial charge in [-0.2, -0.15) is 0 Å². The summed E-state index contributed by atoms with van der Waals surface area (Å²) in [4.78, 5) is 11.0. The molecule has 0 bridgehead atoms. The van der Waals surface area contributed by atoms with Crippen molar-refractivity contribution in [1.29, 1.82) is 0 Å². The number of methoxy groups -OCH3 is 2. The first-order valence-electron chi connectivity index (χ1n) is 4.84. The first kappa shape index (κ1) is 10.5. The molecule has 1 aliphatic heterocycles. The molecule has 0 N–H and O–H groups in total. The van der Waals surface area contributed by atoms with Gasteiger partial charge in [0, 0.05) is 23.3 Å². The number of benzene rings is 1. The number of hydrogen-bond acceptors (Lipinski definition) is 4. The fourth-order valence-electron chi connectivity index (χ4n) is 1.59. The van der Waals surface area contributed by atoms with E-state index in [0.29, 0.717) is 18.1 Å². The Morgan fingerprint density at radius 3 is 2.62 bits per heavy atom. The molecule has 0 aliphatic carbocycles. The maximum atomic E-state index is 11.0. The van der Waals surface area contributed by atoms with Crippen LogP contribution in [0.2, 0.25) is 0 Å². The second-order valence-electron chi connectivity index (χ2n) is 3.34. The van der Waals surface area contributed by atoms with Crippen molar-refractivity contribution in [3.05, 3.63) is 29.8 Å². The molecule has 16 heavy (non-hydrogen) atoms. The van der Waals surface area contributed by atoms with Crippen molar-refractivity contribution in [1.82, 2.24) is 0 Å². The van der Waals surface area contributed by atoms with Crippen LogP contribution < -0.4 is 9.47 Å². The lowest BCUT2D eigenvalue weighted by Gasteiger charge is -2.10. The fourth-order valence-corrected chi connectivity index (χ4v) is 1.59. The van der Waals surface area contributed by atoms with Crippen molar-refractivity contribution in [2.75, 3.05) is 20.8 Å². The van der Waals surface area contributed by atoms with Crippen LogP contribution in [0.1, 0.15) is 5.56 Å². The van der Waals surface area contributed by atoms with Crippen molar-refractivity contribution < 1.29 is 19.0 Å². The quantitative estimate of drug-likeness (QED) is 0.726. The van der Waals surface area contributed by atoms with E-state index in [9.17, 15) is 4.79 Å². The van der Waals surface area contributed by atoms with Gasteiger partial charge in [-0.25, -0.2) is 4.79 Å². The average Bonchev–Trinajstić information content (AvgIpc) is 2.74. The van der Waals surface area contributed by atoms with Gasteiger partial charge in [-0.3, -0.25) is 0 Å². The molecule has 0 amide bonds. The lowest BCUT2D eigenvalue weighted by molar-refractivity contribution is -0.134. The smallest absolute Gasteiger partial charge is 0.331 e. The third-order valence-electron chi connectivity index (χ3n) is 2.42. The lowest BCUT2D eigenvalue weighted by Crippen LogP contribution is -1.95. The van der Waals surface area contributed by atoms with Crippen LogP contribution in [0.15, 0.2) is 24.3 Å². The summed E-state index contributed by atoms with van der Waals surface area (Å²) in [6.45, 7) is 0.293. The van der Waals surface area contributed by atoms with Crippen molar-refractivity contribution >= 4 is 11.5 Å². The molecule has 0 saturated carbocycles. The molecule has 0 saturated heterocycles. The minimum atomic E-state index is -0.312. The molecular weight excluding hydrogens is 208 g/mol. The zero-order valence-corrected chi connectivity index (χ0v) is 9.15. The Morgan fingerprint density at radius 1 is 1.25 bits per heavy atom. The normalized spacial score (nSPS) is 14.4. The number of ether oxygens (including phenoxy) is 3. The Morgan fingerprint density at radius 2 is 2.06 bits per heavy atom. The van der Waals surface area contributed by atoms with Gasteiger partial charge in [-0.1, -0.05) is 0 Å². The number of hydrogen-bond donors (Lipinski definition) is 0. The number of carbonyl (C=O) groups excluding carboxylic acids is 1. The number of esters is 1. The van der Waals surface area contributed by atoms with E-state index in [0.717, 1.165) is 11.1 Å². The molecule has 84 valence electrons. The van der Waals surface area contributed by atoms with Gasteiger partial charge in [0.05, 0.1) is 14.2 Å². The second-order valence-corrected chi connectivity index (χ2v) is 3.34. The molecular formula is C12H12O4. The molecule has 0 aromatic heterocycles. The van der Waals surface area contributed by atoms with E-state index in [4.69, 9.17) is 14.2 Å². The van der Waals surface area contributed by atoms with Crippen LogP contribution in [0, 0.1) is 0 Å². The summed E-state index contributed by atoms with van der Waals surface area (Å²) < 4.78 is 15.2. The van der Waals surface area contributed by atoms with Gasteiger partial charge in [0.25, 0.3) is 0 Å². The van der Waals surface area contributed by atoms with E-state index < -0.39 is 0 Å². The van der Waals surface area contributed by atoms with Gasteiger partial charge in [0.1, 0.15) is 18.1 Å². The molecule has 0 unspecified atom stereocenters. The standard InChI is InChI=1S/C12H12O4/c1-14-9-3-4-10(11(6-9)15-2)8-5-12(13)16-7-8/h3-6H,7H2,1-2H3. The van der Waals surface area contributed by atoms with E-state index in [1.807, 2.05) is 12.1 Å². The molecule has 0 radical (unpaired) electrons. The number of carbonyl (C=O) groups is 1. The van der Waals surface area contributed by atoms with E-state index >= 15 is 0 Å². The molecule has 1 aliphatic rings. The van der Waals surface area contributed by atoms with E-state index in [1.165, 1.54) is 6.08 Å². The number of rotatable bonds is 3. The molecule has 4 nitrogen and oxygen atoms in total. The van der Waals surface area contributed by atoms with Crippen LogP contribution in [0.25, 0.3) is 5.57 Å². The fraction of sp³-hybridized carbons (Fsp3) is 0.250. The molecule has 2 rings (SSSR count). The van der Waals surface area contributed by atoms with Gasteiger partial charge in [0.2, 0.25) is 0 Å². The highest BCUT2D eigenvalue weighted by Gasteiger charge is 2.18. The number of cyclic esters (lactones) is 1. The summed E-state index contributed by atoms with van der Waals surface area (Å²) in [5, 5.41) is 0. The Balaban J connectivity index is 2.41. The van der Waals surface area contributed by atoms with Crippen molar-refractivity contribution in [3.8, 4) is 11.5 Å². The SMILES string of the molecule is COc1ccc(C2=CC(=O)OC2)c(OC)c1. The Hall–Kier alpha value is -1.97. The molecule has 4 heteroatoms. The summed E-state index contributed by atoms with van der Waals surface area (Å²) in [6.07, 6.45) is 1.48. The Labute approximate surface area is 93.4 Å². The highest BCUT2D eigenvalue weighted by atomic mass is 16.5. The van der Waals surface area contributed by atoms with Crippen LogP contribution >= 0.6 is 0 Å². The summed E-state index contributed by atoms with van der Waals surface area (Å²) in [7, 11) is 3.17. The first-order valence-corrected chi connectivity index (χ1v) is 4.84. The first-order chi connectivity index (χ1) is 7.74. The lowest BCUT2D eigenvalue weighted by atomic mass is 10.1. The minimum Gasteiger partial charge on any atom is -0.497 e. The summed E-state index contributed by atoms with van der Waals surface area (Å²) in [6, 6.07) is 5.45. The van der Waals surface area contributed by atoms with Crippen molar-refractivity contribution in [2.45, 2.75) is 0 Å². The maximum Gasteiger partial charge on any atom is 0.331 e. The molecule has 1 aromatic rings. The average molecular weight is 220 g/mol. The van der Waals surface area contributed by atoms with Crippen LogP contribution in [0.3, 0.4) is 0 Å². The maximum absolute atomic E-state index is 11.0. The minimum absolute atomic E-state index is 0.293. The Kier molecular flexibility index (Phi) is 2.81. The molecule has 0 atom stereocenters. The van der Waals surface area contributed by atoms with Crippen molar-refractivity contribution in [3.63, 3.8) is 0 Å². The van der Waals surface area contributed by atoms with E-state index in [-0.39, 0.29) is 5.97 Å². The third kappa shape index (κ3) is 1.86. The zero-order chi connectivity index (χ0) is 11.5. The van der Waals surface area contributed by atoms with Gasteiger partial charge in [-0.05, 0) is 12.1 Å².